The van der Waals surface area contributed by atoms with Crippen molar-refractivity contribution in [3.8, 4) is 0 Å². The molecular weight excluding hydrogens is 402 g/mol. The number of aromatic nitrogens is 1. The van der Waals surface area contributed by atoms with E-state index in [0.29, 0.717) is 12.5 Å². The fourth-order valence-corrected chi connectivity index (χ4v) is 5.25. The second kappa shape index (κ2) is 10.7. The van der Waals surface area contributed by atoms with E-state index in [1.165, 1.54) is 20.9 Å². The van der Waals surface area contributed by atoms with E-state index in [2.05, 4.69) is 64.2 Å². The van der Waals surface area contributed by atoms with Crippen molar-refractivity contribution < 1.29 is 4.79 Å². The van der Waals surface area contributed by atoms with E-state index >= 15 is 0 Å². The van der Waals surface area contributed by atoms with E-state index in [0.717, 1.165) is 45.4 Å². The van der Waals surface area contributed by atoms with Crippen LogP contribution in [0.5, 0.6) is 0 Å². The number of aryl methyl sites for hydroxylation is 1. The van der Waals surface area contributed by atoms with Crippen molar-refractivity contribution in [2.75, 3.05) is 19.6 Å². The van der Waals surface area contributed by atoms with Crippen LogP contribution in [0.25, 0.3) is 0 Å². The zero-order valence-corrected chi connectivity index (χ0v) is 19.1. The highest BCUT2D eigenvalue weighted by atomic mass is 32.1. The number of hydrogen-bond donors (Lipinski definition) is 0. The Balaban J connectivity index is 1.43. The Kier molecular flexibility index (Phi) is 7.49. The molecule has 4 rings (SSSR count). The Hall–Kier alpha value is -2.50. The van der Waals surface area contributed by atoms with Gasteiger partial charge in [-0.25, -0.2) is 0 Å². The molecule has 1 saturated heterocycles. The Bertz CT molecular complexity index is 957. The number of rotatable bonds is 8. The van der Waals surface area contributed by atoms with Gasteiger partial charge in [-0.3, -0.25) is 14.7 Å². The Labute approximate surface area is 189 Å². The number of carbonyl (C=O) groups excluding carboxylic acids is 1. The predicted molar refractivity (Wildman–Crippen MR) is 127 cm³/mol. The number of piperidine rings is 1. The van der Waals surface area contributed by atoms with Gasteiger partial charge in [0.2, 0.25) is 5.91 Å². The first-order valence-electron chi connectivity index (χ1n) is 11.2. The molecule has 1 aliphatic rings. The third-order valence-corrected chi connectivity index (χ3v) is 6.94. The molecular formula is C26H31N3OS. The minimum atomic E-state index is 0.0715. The number of amides is 1. The van der Waals surface area contributed by atoms with Gasteiger partial charge >= 0.3 is 0 Å². The van der Waals surface area contributed by atoms with Gasteiger partial charge in [0, 0.05) is 41.8 Å². The van der Waals surface area contributed by atoms with Gasteiger partial charge in [0.25, 0.3) is 0 Å². The Morgan fingerprint density at radius 2 is 1.97 bits per heavy atom. The molecule has 5 heteroatoms. The van der Waals surface area contributed by atoms with Crippen LogP contribution in [-0.4, -0.2) is 40.3 Å². The second-order valence-electron chi connectivity index (χ2n) is 8.44. The summed E-state index contributed by atoms with van der Waals surface area (Å²) in [5.41, 5.74) is 2.50. The van der Waals surface area contributed by atoms with Crippen molar-refractivity contribution in [3.63, 3.8) is 0 Å². The number of thiophene rings is 1. The normalized spacial score (nSPS) is 16.9. The van der Waals surface area contributed by atoms with E-state index in [1.54, 1.807) is 11.3 Å². The molecule has 1 aromatic carbocycles. The molecule has 3 heterocycles. The summed E-state index contributed by atoms with van der Waals surface area (Å²) < 4.78 is 0. The molecule has 1 aliphatic heterocycles. The molecule has 0 N–H and O–H groups in total. The molecule has 162 valence electrons. The molecule has 0 radical (unpaired) electrons. The molecule has 0 aliphatic carbocycles. The van der Waals surface area contributed by atoms with Gasteiger partial charge in [-0.15, -0.1) is 11.3 Å². The van der Waals surface area contributed by atoms with Crippen LogP contribution < -0.4 is 0 Å². The summed E-state index contributed by atoms with van der Waals surface area (Å²) in [6.07, 6.45) is 6.68. The molecule has 3 aromatic rings. The van der Waals surface area contributed by atoms with Crippen molar-refractivity contribution in [2.24, 2.45) is 5.92 Å². The SMILES string of the molecule is Cc1ccc(CN(CCc2ccccc2)C(=O)[C@@H]2CCCN(Cc3cccnc3)C2)s1. The van der Waals surface area contributed by atoms with Gasteiger partial charge in [0.1, 0.15) is 0 Å². The Morgan fingerprint density at radius 3 is 2.71 bits per heavy atom. The van der Waals surface area contributed by atoms with Crippen molar-refractivity contribution in [2.45, 2.75) is 39.3 Å². The third kappa shape index (κ3) is 6.25. The third-order valence-electron chi connectivity index (χ3n) is 5.95. The summed E-state index contributed by atoms with van der Waals surface area (Å²) in [4.78, 5) is 24.9. The minimum absolute atomic E-state index is 0.0715. The van der Waals surface area contributed by atoms with Gasteiger partial charge < -0.3 is 4.90 Å². The Morgan fingerprint density at radius 1 is 1.13 bits per heavy atom. The zero-order valence-electron chi connectivity index (χ0n) is 18.2. The van der Waals surface area contributed by atoms with Crippen LogP contribution in [0.3, 0.4) is 0 Å². The highest BCUT2D eigenvalue weighted by Gasteiger charge is 2.29. The molecule has 2 aromatic heterocycles. The average molecular weight is 434 g/mol. The van der Waals surface area contributed by atoms with E-state index in [9.17, 15) is 4.79 Å². The molecule has 0 saturated carbocycles. The summed E-state index contributed by atoms with van der Waals surface area (Å²) >= 11 is 1.79. The van der Waals surface area contributed by atoms with Gasteiger partial charge in [-0.05, 0) is 62.1 Å². The van der Waals surface area contributed by atoms with Crippen LogP contribution in [-0.2, 0) is 24.3 Å². The topological polar surface area (TPSA) is 36.4 Å². The molecule has 4 nitrogen and oxygen atoms in total. The lowest BCUT2D eigenvalue weighted by atomic mass is 9.95. The molecule has 31 heavy (non-hydrogen) atoms. The van der Waals surface area contributed by atoms with Crippen LogP contribution >= 0.6 is 11.3 Å². The van der Waals surface area contributed by atoms with E-state index < -0.39 is 0 Å². The van der Waals surface area contributed by atoms with E-state index in [-0.39, 0.29) is 5.92 Å². The largest absolute Gasteiger partial charge is 0.337 e. The van der Waals surface area contributed by atoms with Crippen molar-refractivity contribution >= 4 is 17.2 Å². The lowest BCUT2D eigenvalue weighted by Crippen LogP contribution is -2.44. The van der Waals surface area contributed by atoms with Crippen molar-refractivity contribution in [1.29, 1.82) is 0 Å². The van der Waals surface area contributed by atoms with Crippen molar-refractivity contribution in [3.05, 3.63) is 87.9 Å². The molecule has 1 atom stereocenters. The maximum atomic E-state index is 13.6. The summed E-state index contributed by atoms with van der Waals surface area (Å²) in [5.74, 6) is 0.375. The zero-order chi connectivity index (χ0) is 21.5. The maximum Gasteiger partial charge on any atom is 0.227 e. The van der Waals surface area contributed by atoms with Gasteiger partial charge in [-0.1, -0.05) is 36.4 Å². The van der Waals surface area contributed by atoms with Crippen LogP contribution in [0.1, 0.15) is 33.7 Å². The summed E-state index contributed by atoms with van der Waals surface area (Å²) in [5, 5.41) is 0. The summed E-state index contributed by atoms with van der Waals surface area (Å²) in [7, 11) is 0. The maximum absolute atomic E-state index is 13.6. The van der Waals surface area contributed by atoms with Crippen molar-refractivity contribution in [1.82, 2.24) is 14.8 Å². The number of carbonyl (C=O) groups is 1. The summed E-state index contributed by atoms with van der Waals surface area (Å²) in [6.45, 7) is 6.35. The van der Waals surface area contributed by atoms with Crippen LogP contribution in [0, 0.1) is 12.8 Å². The number of pyridine rings is 1. The first-order chi connectivity index (χ1) is 15.2. The minimum Gasteiger partial charge on any atom is -0.337 e. The number of hydrogen-bond acceptors (Lipinski definition) is 4. The molecule has 1 fully saturated rings. The highest BCUT2D eigenvalue weighted by Crippen LogP contribution is 2.24. The van der Waals surface area contributed by atoms with Gasteiger partial charge in [0.15, 0.2) is 0 Å². The number of likely N-dealkylation sites (tertiary alicyclic amines) is 1. The van der Waals surface area contributed by atoms with E-state index in [4.69, 9.17) is 0 Å². The van der Waals surface area contributed by atoms with Crippen LogP contribution in [0.15, 0.2) is 67.0 Å². The lowest BCUT2D eigenvalue weighted by molar-refractivity contribution is -0.138. The first-order valence-corrected chi connectivity index (χ1v) is 12.0. The molecule has 0 spiro atoms. The first kappa shape index (κ1) is 21.7. The number of benzene rings is 1. The van der Waals surface area contributed by atoms with Gasteiger partial charge in [0.05, 0.1) is 12.5 Å². The fourth-order valence-electron chi connectivity index (χ4n) is 4.34. The summed E-state index contributed by atoms with van der Waals surface area (Å²) in [6, 6.07) is 18.9. The lowest BCUT2D eigenvalue weighted by Gasteiger charge is -2.35. The molecule has 1 amide bonds. The average Bonchev–Trinajstić information content (AvgIpc) is 3.22. The van der Waals surface area contributed by atoms with Crippen LogP contribution in [0.4, 0.5) is 0 Å². The highest BCUT2D eigenvalue weighted by molar-refractivity contribution is 7.11. The quantitative estimate of drug-likeness (QED) is 0.505. The van der Waals surface area contributed by atoms with E-state index in [1.807, 2.05) is 24.5 Å². The smallest absolute Gasteiger partial charge is 0.227 e. The molecule has 0 bridgehead atoms. The monoisotopic (exact) mass is 433 g/mol. The second-order valence-corrected chi connectivity index (χ2v) is 9.82. The van der Waals surface area contributed by atoms with Gasteiger partial charge in [-0.2, -0.15) is 0 Å². The standard InChI is InChI=1S/C26H31N3OS/c1-21-11-12-25(31-21)20-29(16-13-22-7-3-2-4-8-22)26(30)24-10-6-15-28(19-24)18-23-9-5-14-27-17-23/h2-5,7-9,11-12,14,17,24H,6,10,13,15-16,18-20H2,1H3/t24-/m1/s1. The fraction of sp³-hybridized carbons (Fsp3) is 0.385. The molecule has 0 unspecified atom stereocenters. The predicted octanol–water partition coefficient (Wildman–Crippen LogP) is 4.94. The number of nitrogens with zero attached hydrogens (tertiary/aromatic N) is 3. The van der Waals surface area contributed by atoms with Crippen LogP contribution in [0.2, 0.25) is 0 Å².